The van der Waals surface area contributed by atoms with Crippen molar-refractivity contribution in [3.05, 3.63) is 58.6 Å². The second-order valence-corrected chi connectivity index (χ2v) is 4.94. The fourth-order valence-electron chi connectivity index (χ4n) is 2.13. The summed E-state index contributed by atoms with van der Waals surface area (Å²) < 4.78 is 4.93. The number of carbonyl (C=O) groups is 2. The van der Waals surface area contributed by atoms with E-state index >= 15 is 0 Å². The van der Waals surface area contributed by atoms with Gasteiger partial charge in [-0.25, -0.2) is 4.79 Å². The number of amides is 2. The average Bonchev–Trinajstić information content (AvgIpc) is 2.87. The third-order valence-electron chi connectivity index (χ3n) is 3.15. The molecule has 3 rings (SSSR count). The second kappa shape index (κ2) is 5.80. The topological polar surface area (TPSA) is 104 Å². The van der Waals surface area contributed by atoms with Crippen molar-refractivity contribution in [1.29, 1.82) is 0 Å². The standard InChI is InChI=1S/C16H13N3O4/c1-9(20)17-11-3-5-12(6-4-11)18-15(21)10-2-7-13-14(8-10)23-16(22)19-13/h2-8H,1H3,(H,17,20)(H,18,21)(H,19,22). The van der Waals surface area contributed by atoms with Crippen LogP contribution in [0.25, 0.3) is 11.1 Å². The minimum Gasteiger partial charge on any atom is -0.408 e. The summed E-state index contributed by atoms with van der Waals surface area (Å²) in [6.45, 7) is 1.42. The molecule has 0 unspecified atom stereocenters. The molecular weight excluding hydrogens is 298 g/mol. The molecule has 2 aromatic carbocycles. The normalized spacial score (nSPS) is 10.5. The van der Waals surface area contributed by atoms with E-state index < -0.39 is 5.76 Å². The smallest absolute Gasteiger partial charge is 0.408 e. The Morgan fingerprint density at radius 3 is 2.30 bits per heavy atom. The summed E-state index contributed by atoms with van der Waals surface area (Å²) in [6.07, 6.45) is 0. The fourth-order valence-corrected chi connectivity index (χ4v) is 2.13. The quantitative estimate of drug-likeness (QED) is 0.690. The Balaban J connectivity index is 1.76. The van der Waals surface area contributed by atoms with Gasteiger partial charge in [-0.15, -0.1) is 0 Å². The molecule has 0 spiro atoms. The molecule has 0 fully saturated rings. The maximum atomic E-state index is 12.2. The van der Waals surface area contributed by atoms with E-state index in [1.54, 1.807) is 36.4 Å². The highest BCUT2D eigenvalue weighted by atomic mass is 16.4. The Morgan fingerprint density at radius 2 is 1.65 bits per heavy atom. The third kappa shape index (κ3) is 3.29. The lowest BCUT2D eigenvalue weighted by atomic mass is 10.2. The van der Waals surface area contributed by atoms with Crippen molar-refractivity contribution < 1.29 is 14.0 Å². The number of hydrogen-bond acceptors (Lipinski definition) is 4. The number of rotatable bonds is 3. The van der Waals surface area contributed by atoms with Crippen molar-refractivity contribution in [2.45, 2.75) is 6.92 Å². The van der Waals surface area contributed by atoms with Crippen LogP contribution in [0.2, 0.25) is 0 Å². The number of oxazole rings is 1. The van der Waals surface area contributed by atoms with Crippen LogP contribution in [0.4, 0.5) is 11.4 Å². The van der Waals surface area contributed by atoms with Crippen LogP contribution in [0.1, 0.15) is 17.3 Å². The Labute approximate surface area is 130 Å². The number of benzene rings is 2. The molecule has 7 heteroatoms. The van der Waals surface area contributed by atoms with E-state index in [1.807, 2.05) is 0 Å². The summed E-state index contributed by atoms with van der Waals surface area (Å²) in [7, 11) is 0. The van der Waals surface area contributed by atoms with Crippen LogP contribution >= 0.6 is 0 Å². The molecule has 0 aliphatic heterocycles. The van der Waals surface area contributed by atoms with Crippen molar-refractivity contribution in [1.82, 2.24) is 4.98 Å². The van der Waals surface area contributed by atoms with Gasteiger partial charge in [0.2, 0.25) is 5.91 Å². The molecule has 0 bridgehead atoms. The molecule has 0 radical (unpaired) electrons. The number of fused-ring (bicyclic) bond motifs is 1. The van der Waals surface area contributed by atoms with Gasteiger partial charge in [0.1, 0.15) is 0 Å². The number of hydrogen-bond donors (Lipinski definition) is 3. The number of aromatic nitrogens is 1. The molecular formula is C16H13N3O4. The molecule has 0 aliphatic rings. The molecule has 2 amide bonds. The molecule has 116 valence electrons. The zero-order valence-corrected chi connectivity index (χ0v) is 12.2. The first-order valence-electron chi connectivity index (χ1n) is 6.83. The Bertz CT molecular complexity index is 938. The number of carbonyl (C=O) groups excluding carboxylic acids is 2. The van der Waals surface area contributed by atoms with Crippen LogP contribution in [0.15, 0.2) is 51.7 Å². The maximum absolute atomic E-state index is 12.2. The van der Waals surface area contributed by atoms with Gasteiger partial charge in [-0.05, 0) is 42.5 Å². The first-order valence-corrected chi connectivity index (χ1v) is 6.83. The van der Waals surface area contributed by atoms with Crippen molar-refractivity contribution in [2.24, 2.45) is 0 Å². The highest BCUT2D eigenvalue weighted by molar-refractivity contribution is 6.05. The Kier molecular flexibility index (Phi) is 3.68. The minimum absolute atomic E-state index is 0.164. The Morgan fingerprint density at radius 1 is 1.00 bits per heavy atom. The van der Waals surface area contributed by atoms with Gasteiger partial charge >= 0.3 is 5.76 Å². The predicted octanol–water partition coefficient (Wildman–Crippen LogP) is 2.33. The average molecular weight is 311 g/mol. The number of H-pyrrole nitrogens is 1. The molecule has 0 saturated heterocycles. The van der Waals surface area contributed by atoms with E-state index in [9.17, 15) is 14.4 Å². The highest BCUT2D eigenvalue weighted by Crippen LogP contribution is 2.16. The van der Waals surface area contributed by atoms with E-state index in [4.69, 9.17) is 4.42 Å². The number of aromatic amines is 1. The number of nitrogens with one attached hydrogen (secondary N) is 3. The molecule has 23 heavy (non-hydrogen) atoms. The zero-order chi connectivity index (χ0) is 16.4. The summed E-state index contributed by atoms with van der Waals surface area (Å²) in [5.74, 6) is -1.06. The van der Waals surface area contributed by atoms with Crippen molar-refractivity contribution in [3.63, 3.8) is 0 Å². The molecule has 0 saturated carbocycles. The van der Waals surface area contributed by atoms with Gasteiger partial charge in [0.15, 0.2) is 5.58 Å². The molecule has 7 nitrogen and oxygen atoms in total. The lowest BCUT2D eigenvalue weighted by molar-refractivity contribution is -0.114. The molecule has 1 aromatic heterocycles. The van der Waals surface area contributed by atoms with E-state index in [1.165, 1.54) is 13.0 Å². The van der Waals surface area contributed by atoms with Crippen LogP contribution in [0, 0.1) is 0 Å². The largest absolute Gasteiger partial charge is 0.417 e. The first-order chi connectivity index (χ1) is 11.0. The summed E-state index contributed by atoms with van der Waals surface area (Å²) in [5.41, 5.74) is 2.45. The minimum atomic E-state index is -0.564. The molecule has 3 N–H and O–H groups in total. The van der Waals surface area contributed by atoms with Gasteiger partial charge in [0.05, 0.1) is 5.52 Å². The second-order valence-electron chi connectivity index (χ2n) is 4.94. The summed E-state index contributed by atoms with van der Waals surface area (Å²) in [6, 6.07) is 11.4. The monoisotopic (exact) mass is 311 g/mol. The lowest BCUT2D eigenvalue weighted by Crippen LogP contribution is -2.12. The molecule has 0 atom stereocenters. The SMILES string of the molecule is CC(=O)Nc1ccc(NC(=O)c2ccc3[nH]c(=O)oc3c2)cc1. The van der Waals surface area contributed by atoms with E-state index in [2.05, 4.69) is 15.6 Å². The van der Waals surface area contributed by atoms with Gasteiger partial charge in [-0.2, -0.15) is 0 Å². The summed E-state index contributed by atoms with van der Waals surface area (Å²) >= 11 is 0. The maximum Gasteiger partial charge on any atom is 0.417 e. The third-order valence-corrected chi connectivity index (χ3v) is 3.15. The van der Waals surface area contributed by atoms with Crippen LogP contribution < -0.4 is 16.4 Å². The van der Waals surface area contributed by atoms with E-state index in [-0.39, 0.29) is 11.8 Å². The van der Waals surface area contributed by atoms with Gasteiger partial charge in [0, 0.05) is 23.9 Å². The molecule has 0 aliphatic carbocycles. The van der Waals surface area contributed by atoms with Gasteiger partial charge in [-0.3, -0.25) is 14.6 Å². The van der Waals surface area contributed by atoms with Crippen LogP contribution in [0.3, 0.4) is 0 Å². The van der Waals surface area contributed by atoms with Gasteiger partial charge in [-0.1, -0.05) is 0 Å². The zero-order valence-electron chi connectivity index (χ0n) is 12.2. The highest BCUT2D eigenvalue weighted by Gasteiger charge is 2.09. The number of anilines is 2. The molecule has 3 aromatic rings. The van der Waals surface area contributed by atoms with E-state index in [0.29, 0.717) is 28.0 Å². The molecule has 1 heterocycles. The van der Waals surface area contributed by atoms with Crippen LogP contribution in [0.5, 0.6) is 0 Å². The van der Waals surface area contributed by atoms with Gasteiger partial charge < -0.3 is 15.1 Å². The van der Waals surface area contributed by atoms with E-state index in [0.717, 1.165) is 0 Å². The first kappa shape index (κ1) is 14.6. The van der Waals surface area contributed by atoms with Crippen molar-refractivity contribution in [2.75, 3.05) is 10.6 Å². The van der Waals surface area contributed by atoms with Crippen LogP contribution in [-0.2, 0) is 4.79 Å². The lowest BCUT2D eigenvalue weighted by Gasteiger charge is -2.07. The Hall–Kier alpha value is -3.35. The van der Waals surface area contributed by atoms with Gasteiger partial charge in [0.25, 0.3) is 5.91 Å². The van der Waals surface area contributed by atoms with Crippen molar-refractivity contribution >= 4 is 34.3 Å². The fraction of sp³-hybridized carbons (Fsp3) is 0.0625. The van der Waals surface area contributed by atoms with Crippen molar-refractivity contribution in [3.8, 4) is 0 Å². The predicted molar refractivity (Wildman–Crippen MR) is 85.5 cm³/mol. The summed E-state index contributed by atoms with van der Waals surface area (Å²) in [5, 5.41) is 5.37. The van der Waals surface area contributed by atoms with Crippen LogP contribution in [-0.4, -0.2) is 16.8 Å². The summed E-state index contributed by atoms with van der Waals surface area (Å²) in [4.78, 5) is 36.8.